The molecule has 0 radical (unpaired) electrons. The Morgan fingerprint density at radius 2 is 2.29 bits per heavy atom. The number of rotatable bonds is 3. The maximum absolute atomic E-state index is 5.33. The highest BCUT2D eigenvalue weighted by molar-refractivity contribution is 5.35. The summed E-state index contributed by atoms with van der Waals surface area (Å²) in [5.41, 5.74) is -0.466. The second-order valence-corrected chi connectivity index (χ2v) is 3.32. The van der Waals surface area contributed by atoms with E-state index in [0.717, 1.165) is 0 Å². The highest BCUT2D eigenvalue weighted by Crippen LogP contribution is 2.12. The zero-order valence-corrected chi connectivity index (χ0v) is 8.53. The van der Waals surface area contributed by atoms with Gasteiger partial charge in [-0.25, -0.2) is 4.98 Å². The molecule has 0 aliphatic carbocycles. The van der Waals surface area contributed by atoms with E-state index < -0.39 is 5.54 Å². The molecule has 4 nitrogen and oxygen atoms in total. The normalized spacial score (nSPS) is 10.4. The number of methoxy groups -OCH3 is 1. The van der Waals surface area contributed by atoms with Gasteiger partial charge in [-0.2, -0.15) is 4.98 Å². The van der Waals surface area contributed by atoms with Crippen LogP contribution in [0.4, 0.5) is 5.95 Å². The Hall–Kier alpha value is -1.76. The fourth-order valence-corrected chi connectivity index (χ4v) is 0.832. The maximum Gasteiger partial charge on any atom is 0.227 e. The maximum atomic E-state index is 5.33. The van der Waals surface area contributed by atoms with Crippen molar-refractivity contribution in [1.29, 1.82) is 0 Å². The average molecular weight is 191 g/mol. The van der Waals surface area contributed by atoms with Crippen LogP contribution in [0.1, 0.15) is 13.8 Å². The van der Waals surface area contributed by atoms with Gasteiger partial charge in [-0.15, -0.1) is 6.42 Å². The molecular weight excluding hydrogens is 178 g/mol. The smallest absolute Gasteiger partial charge is 0.227 e. The van der Waals surface area contributed by atoms with E-state index >= 15 is 0 Å². The van der Waals surface area contributed by atoms with Crippen molar-refractivity contribution in [3.8, 4) is 18.2 Å². The van der Waals surface area contributed by atoms with Crippen LogP contribution < -0.4 is 10.1 Å². The lowest BCUT2D eigenvalue weighted by Gasteiger charge is -2.19. The van der Waals surface area contributed by atoms with Crippen LogP contribution in [0.5, 0.6) is 5.88 Å². The van der Waals surface area contributed by atoms with E-state index in [1.807, 2.05) is 13.8 Å². The molecule has 0 atom stereocenters. The molecule has 1 aromatic rings. The summed E-state index contributed by atoms with van der Waals surface area (Å²) in [6.07, 6.45) is 6.94. The van der Waals surface area contributed by atoms with Crippen molar-refractivity contribution < 1.29 is 4.74 Å². The molecule has 0 aliphatic heterocycles. The fraction of sp³-hybridized carbons (Fsp3) is 0.400. The Kier molecular flexibility index (Phi) is 2.92. The minimum absolute atomic E-state index is 0.465. The number of nitrogens with one attached hydrogen (secondary N) is 1. The summed E-state index contributed by atoms with van der Waals surface area (Å²) in [6.45, 7) is 3.74. The van der Waals surface area contributed by atoms with Gasteiger partial charge in [0, 0.05) is 12.3 Å². The van der Waals surface area contributed by atoms with E-state index in [9.17, 15) is 0 Å². The summed E-state index contributed by atoms with van der Waals surface area (Å²) in [6, 6.07) is 1.67. The van der Waals surface area contributed by atoms with Gasteiger partial charge in [0.25, 0.3) is 0 Å². The number of ether oxygens (including phenoxy) is 1. The fourth-order valence-electron chi connectivity index (χ4n) is 0.832. The molecule has 0 saturated heterocycles. The van der Waals surface area contributed by atoms with Crippen LogP contribution in [-0.4, -0.2) is 22.6 Å². The summed E-state index contributed by atoms with van der Waals surface area (Å²) in [5.74, 6) is 3.57. The average Bonchev–Trinajstić information content (AvgIpc) is 2.17. The number of nitrogens with zero attached hydrogens (tertiary/aromatic N) is 2. The molecule has 0 saturated carbocycles. The molecule has 1 N–H and O–H groups in total. The first-order valence-electron chi connectivity index (χ1n) is 4.20. The topological polar surface area (TPSA) is 47.0 Å². The SMILES string of the molecule is C#CC(C)(C)Nc1nccc(OC)n1. The number of hydrogen-bond acceptors (Lipinski definition) is 4. The second kappa shape index (κ2) is 3.97. The number of aromatic nitrogens is 2. The molecule has 0 fully saturated rings. The molecule has 0 aromatic carbocycles. The third-order valence-electron chi connectivity index (χ3n) is 1.62. The molecule has 0 spiro atoms. The van der Waals surface area contributed by atoms with Crippen molar-refractivity contribution in [3.63, 3.8) is 0 Å². The lowest BCUT2D eigenvalue weighted by Crippen LogP contribution is -2.29. The van der Waals surface area contributed by atoms with Gasteiger partial charge in [0.05, 0.1) is 12.6 Å². The first-order valence-corrected chi connectivity index (χ1v) is 4.20. The lowest BCUT2D eigenvalue weighted by atomic mass is 10.1. The second-order valence-electron chi connectivity index (χ2n) is 3.32. The van der Waals surface area contributed by atoms with Gasteiger partial charge < -0.3 is 10.1 Å². The van der Waals surface area contributed by atoms with E-state index in [1.165, 1.54) is 0 Å². The molecule has 1 heterocycles. The predicted molar refractivity (Wildman–Crippen MR) is 55.1 cm³/mol. The monoisotopic (exact) mass is 191 g/mol. The van der Waals surface area contributed by atoms with E-state index in [2.05, 4.69) is 21.2 Å². The number of anilines is 1. The molecule has 0 bridgehead atoms. The molecule has 0 aliphatic rings. The summed E-state index contributed by atoms with van der Waals surface area (Å²) >= 11 is 0. The van der Waals surface area contributed by atoms with Crippen LogP contribution in [0.25, 0.3) is 0 Å². The molecule has 4 heteroatoms. The van der Waals surface area contributed by atoms with E-state index in [4.69, 9.17) is 11.2 Å². The Bertz CT molecular complexity index is 355. The summed E-state index contributed by atoms with van der Waals surface area (Å²) in [7, 11) is 1.55. The summed E-state index contributed by atoms with van der Waals surface area (Å²) in [4.78, 5) is 8.11. The van der Waals surface area contributed by atoms with Crippen LogP contribution >= 0.6 is 0 Å². The lowest BCUT2D eigenvalue weighted by molar-refractivity contribution is 0.397. The first-order chi connectivity index (χ1) is 6.57. The van der Waals surface area contributed by atoms with Gasteiger partial charge in [0.2, 0.25) is 11.8 Å². The summed E-state index contributed by atoms with van der Waals surface area (Å²) in [5, 5.41) is 3.00. The minimum Gasteiger partial charge on any atom is -0.481 e. The highest BCUT2D eigenvalue weighted by Gasteiger charge is 2.14. The Labute approximate surface area is 83.7 Å². The van der Waals surface area contributed by atoms with Crippen LogP contribution in [0.2, 0.25) is 0 Å². The molecule has 74 valence electrons. The van der Waals surface area contributed by atoms with Crippen molar-refractivity contribution in [1.82, 2.24) is 9.97 Å². The van der Waals surface area contributed by atoms with Crippen molar-refractivity contribution >= 4 is 5.95 Å². The standard InChI is InChI=1S/C10H13N3O/c1-5-10(2,3)13-9-11-7-6-8(12-9)14-4/h1,6-7H,2-4H3,(H,11,12,13). The van der Waals surface area contributed by atoms with E-state index in [-0.39, 0.29) is 0 Å². The number of terminal acetylenes is 1. The molecule has 14 heavy (non-hydrogen) atoms. The van der Waals surface area contributed by atoms with Crippen molar-refractivity contribution in [2.24, 2.45) is 0 Å². The Morgan fingerprint density at radius 3 is 2.86 bits per heavy atom. The van der Waals surface area contributed by atoms with Gasteiger partial charge in [-0.1, -0.05) is 5.92 Å². The molecule has 1 aromatic heterocycles. The van der Waals surface area contributed by atoms with Crippen LogP contribution in [0, 0.1) is 12.3 Å². The molecular formula is C10H13N3O. The van der Waals surface area contributed by atoms with Gasteiger partial charge in [-0.3, -0.25) is 0 Å². The zero-order valence-electron chi connectivity index (χ0n) is 8.53. The quantitative estimate of drug-likeness (QED) is 0.732. The Morgan fingerprint density at radius 1 is 1.57 bits per heavy atom. The molecule has 0 amide bonds. The van der Waals surface area contributed by atoms with Crippen LogP contribution in [-0.2, 0) is 0 Å². The summed E-state index contributed by atoms with van der Waals surface area (Å²) < 4.78 is 4.96. The third kappa shape index (κ3) is 2.63. The van der Waals surface area contributed by atoms with Gasteiger partial charge in [-0.05, 0) is 13.8 Å². The zero-order chi connectivity index (χ0) is 10.6. The largest absolute Gasteiger partial charge is 0.481 e. The van der Waals surface area contributed by atoms with Crippen LogP contribution in [0.3, 0.4) is 0 Å². The van der Waals surface area contributed by atoms with Crippen molar-refractivity contribution in [3.05, 3.63) is 12.3 Å². The number of hydrogen-bond donors (Lipinski definition) is 1. The predicted octanol–water partition coefficient (Wildman–Crippen LogP) is 1.31. The molecule has 1 rings (SSSR count). The highest BCUT2D eigenvalue weighted by atomic mass is 16.5. The molecule has 0 unspecified atom stereocenters. The first kappa shape index (κ1) is 10.3. The van der Waals surface area contributed by atoms with Crippen molar-refractivity contribution in [2.45, 2.75) is 19.4 Å². The third-order valence-corrected chi connectivity index (χ3v) is 1.62. The van der Waals surface area contributed by atoms with Crippen LogP contribution in [0.15, 0.2) is 12.3 Å². The Balaban J connectivity index is 2.83. The van der Waals surface area contributed by atoms with E-state index in [0.29, 0.717) is 11.8 Å². The van der Waals surface area contributed by atoms with E-state index in [1.54, 1.807) is 19.4 Å². The van der Waals surface area contributed by atoms with Gasteiger partial charge in [0.15, 0.2) is 0 Å². The van der Waals surface area contributed by atoms with Gasteiger partial charge >= 0.3 is 0 Å². The minimum atomic E-state index is -0.466. The van der Waals surface area contributed by atoms with Gasteiger partial charge in [0.1, 0.15) is 0 Å². The van der Waals surface area contributed by atoms with Crippen molar-refractivity contribution in [2.75, 3.05) is 12.4 Å².